The zero-order valence-corrected chi connectivity index (χ0v) is 14.2. The number of nitrogens with one attached hydrogen (secondary N) is 3. The van der Waals surface area contributed by atoms with E-state index in [0.29, 0.717) is 12.5 Å². The van der Waals surface area contributed by atoms with Gasteiger partial charge >= 0.3 is 18.1 Å². The van der Waals surface area contributed by atoms with Crippen LogP contribution < -0.4 is 16.2 Å². The predicted octanol–water partition coefficient (Wildman–Crippen LogP) is 1.70. The number of methoxy groups -OCH3 is 1. The number of carbonyl (C=O) groups is 3. The second-order valence-electron chi connectivity index (χ2n) is 6.70. The molecule has 1 saturated carbocycles. The molecule has 0 unspecified atom stereocenters. The zero-order valence-electron chi connectivity index (χ0n) is 14.2. The molecule has 0 saturated heterocycles. The summed E-state index contributed by atoms with van der Waals surface area (Å²) in [7, 11) is 1.40. The lowest BCUT2D eigenvalue weighted by Crippen LogP contribution is -2.49. The topological polar surface area (TPSA) is 106 Å². The normalized spacial score (nSPS) is 21.0. The minimum atomic E-state index is -0.716. The molecule has 3 N–H and O–H groups in total. The molecule has 23 heavy (non-hydrogen) atoms. The summed E-state index contributed by atoms with van der Waals surface area (Å²) in [5.74, 6) is 0.137. The molecule has 8 heteroatoms. The van der Waals surface area contributed by atoms with E-state index >= 15 is 0 Å². The first-order valence-corrected chi connectivity index (χ1v) is 7.82. The molecule has 0 atom stereocenters. The molecule has 1 aliphatic carbocycles. The number of hydrogen-bond acceptors (Lipinski definition) is 5. The van der Waals surface area contributed by atoms with Gasteiger partial charge in [0, 0.05) is 6.54 Å². The van der Waals surface area contributed by atoms with Crippen molar-refractivity contribution >= 4 is 18.1 Å². The third-order valence-electron chi connectivity index (χ3n) is 3.61. The van der Waals surface area contributed by atoms with Gasteiger partial charge in [-0.3, -0.25) is 4.79 Å². The molecular formula is C15H27N3O5. The number of amides is 3. The summed E-state index contributed by atoms with van der Waals surface area (Å²) in [6, 6.07) is -0.494. The molecule has 0 aliphatic heterocycles. The molecule has 1 fully saturated rings. The van der Waals surface area contributed by atoms with Crippen molar-refractivity contribution in [2.45, 2.75) is 52.1 Å². The summed E-state index contributed by atoms with van der Waals surface area (Å²) in [5.41, 5.74) is 3.78. The maximum atomic E-state index is 11.6. The van der Waals surface area contributed by atoms with Crippen LogP contribution in [0.15, 0.2) is 0 Å². The van der Waals surface area contributed by atoms with Crippen molar-refractivity contribution in [3.63, 3.8) is 0 Å². The van der Waals surface area contributed by atoms with E-state index in [4.69, 9.17) is 9.47 Å². The number of urea groups is 1. The molecule has 1 aliphatic rings. The molecule has 8 nitrogen and oxygen atoms in total. The van der Waals surface area contributed by atoms with Crippen LogP contribution in [-0.4, -0.2) is 37.3 Å². The number of esters is 1. The highest BCUT2D eigenvalue weighted by Gasteiger charge is 2.27. The van der Waals surface area contributed by atoms with Crippen LogP contribution in [0.1, 0.15) is 46.5 Å². The Morgan fingerprint density at radius 1 is 1.04 bits per heavy atom. The van der Waals surface area contributed by atoms with Gasteiger partial charge in [0.15, 0.2) is 0 Å². The van der Waals surface area contributed by atoms with Gasteiger partial charge in [-0.05, 0) is 52.4 Å². The van der Waals surface area contributed by atoms with Crippen LogP contribution in [0.3, 0.4) is 0 Å². The van der Waals surface area contributed by atoms with Crippen LogP contribution in [-0.2, 0) is 14.3 Å². The Bertz CT molecular complexity index is 425. The maximum Gasteiger partial charge on any atom is 0.426 e. The van der Waals surface area contributed by atoms with Crippen LogP contribution in [0, 0.1) is 11.8 Å². The van der Waals surface area contributed by atoms with Gasteiger partial charge in [0.1, 0.15) is 5.60 Å². The molecule has 1 rings (SSSR count). The van der Waals surface area contributed by atoms with Crippen molar-refractivity contribution in [3.05, 3.63) is 0 Å². The van der Waals surface area contributed by atoms with Gasteiger partial charge in [-0.2, -0.15) is 0 Å². The third kappa shape index (κ3) is 7.71. The minimum Gasteiger partial charge on any atom is -0.469 e. The first-order valence-electron chi connectivity index (χ1n) is 7.82. The highest BCUT2D eigenvalue weighted by atomic mass is 16.6. The van der Waals surface area contributed by atoms with Crippen LogP contribution in [0.25, 0.3) is 0 Å². The van der Waals surface area contributed by atoms with Crippen LogP contribution >= 0.6 is 0 Å². The first-order chi connectivity index (χ1) is 10.7. The van der Waals surface area contributed by atoms with Crippen LogP contribution in [0.2, 0.25) is 0 Å². The highest BCUT2D eigenvalue weighted by molar-refractivity contribution is 5.77. The Labute approximate surface area is 136 Å². The van der Waals surface area contributed by atoms with Gasteiger partial charge in [0.2, 0.25) is 0 Å². The molecule has 0 aromatic carbocycles. The standard InChI is InChI=1S/C15H27N3O5/c1-15(2,3)23-14(21)18-17-13(20)16-9-10-5-7-11(8-6-10)12(19)22-4/h10-11H,5-9H2,1-4H3,(H,18,21)(H2,16,17,20). The van der Waals surface area contributed by atoms with E-state index in [-0.39, 0.29) is 11.9 Å². The number of ether oxygens (including phenoxy) is 2. The highest BCUT2D eigenvalue weighted by Crippen LogP contribution is 2.28. The Morgan fingerprint density at radius 2 is 1.65 bits per heavy atom. The largest absolute Gasteiger partial charge is 0.469 e. The second kappa shape index (κ2) is 8.59. The van der Waals surface area contributed by atoms with Crippen molar-refractivity contribution in [2.24, 2.45) is 11.8 Å². The van der Waals surface area contributed by atoms with Gasteiger partial charge in [-0.15, -0.1) is 0 Å². The summed E-state index contributed by atoms with van der Waals surface area (Å²) in [4.78, 5) is 34.4. The number of carbonyl (C=O) groups excluding carboxylic acids is 3. The summed E-state index contributed by atoms with van der Waals surface area (Å²) in [6.45, 7) is 5.70. The SMILES string of the molecule is COC(=O)C1CCC(CNC(=O)NNC(=O)OC(C)(C)C)CC1. The average Bonchev–Trinajstić information content (AvgIpc) is 2.49. The van der Waals surface area contributed by atoms with Crippen molar-refractivity contribution in [1.29, 1.82) is 0 Å². The van der Waals surface area contributed by atoms with Crippen LogP contribution in [0.4, 0.5) is 9.59 Å². The fraction of sp³-hybridized carbons (Fsp3) is 0.800. The third-order valence-corrected chi connectivity index (χ3v) is 3.61. The second-order valence-corrected chi connectivity index (χ2v) is 6.70. The fourth-order valence-corrected chi connectivity index (χ4v) is 2.46. The smallest absolute Gasteiger partial charge is 0.426 e. The van der Waals surface area contributed by atoms with Crippen molar-refractivity contribution < 1.29 is 23.9 Å². The lowest BCUT2D eigenvalue weighted by atomic mass is 9.82. The van der Waals surface area contributed by atoms with Gasteiger partial charge in [0.05, 0.1) is 13.0 Å². The van der Waals surface area contributed by atoms with Crippen molar-refractivity contribution in [1.82, 2.24) is 16.2 Å². The molecular weight excluding hydrogens is 302 g/mol. The fourth-order valence-electron chi connectivity index (χ4n) is 2.46. The summed E-state index contributed by atoms with van der Waals surface area (Å²) < 4.78 is 9.73. The average molecular weight is 329 g/mol. The number of rotatable bonds is 3. The molecule has 0 aromatic rings. The lowest BCUT2D eigenvalue weighted by molar-refractivity contribution is -0.146. The Morgan fingerprint density at radius 3 is 2.17 bits per heavy atom. The minimum absolute atomic E-state index is 0.0288. The van der Waals surface area contributed by atoms with Gasteiger partial charge in [0.25, 0.3) is 0 Å². The van der Waals surface area contributed by atoms with E-state index in [1.54, 1.807) is 20.8 Å². The molecule has 0 aromatic heterocycles. The zero-order chi connectivity index (χ0) is 17.5. The Kier molecular flexibility index (Phi) is 7.12. The van der Waals surface area contributed by atoms with E-state index in [1.807, 2.05) is 0 Å². The van der Waals surface area contributed by atoms with Crippen molar-refractivity contribution in [2.75, 3.05) is 13.7 Å². The summed E-state index contributed by atoms with van der Waals surface area (Å²) in [6.07, 6.45) is 2.55. The molecule has 0 spiro atoms. The predicted molar refractivity (Wildman–Crippen MR) is 83.4 cm³/mol. The monoisotopic (exact) mass is 329 g/mol. The Hall–Kier alpha value is -1.99. The number of hydrazine groups is 1. The molecule has 0 radical (unpaired) electrons. The number of hydrogen-bond donors (Lipinski definition) is 3. The van der Waals surface area contributed by atoms with Gasteiger partial charge in [-0.25, -0.2) is 20.4 Å². The summed E-state index contributed by atoms with van der Waals surface area (Å²) >= 11 is 0. The quantitative estimate of drug-likeness (QED) is 0.540. The van der Waals surface area contributed by atoms with E-state index in [0.717, 1.165) is 25.7 Å². The lowest BCUT2D eigenvalue weighted by Gasteiger charge is -2.27. The molecule has 0 bridgehead atoms. The van der Waals surface area contributed by atoms with E-state index in [2.05, 4.69) is 16.2 Å². The first kappa shape index (κ1) is 19.1. The van der Waals surface area contributed by atoms with E-state index in [1.165, 1.54) is 7.11 Å². The maximum absolute atomic E-state index is 11.6. The van der Waals surface area contributed by atoms with E-state index < -0.39 is 17.7 Å². The van der Waals surface area contributed by atoms with Gasteiger partial charge in [-0.1, -0.05) is 0 Å². The van der Waals surface area contributed by atoms with Crippen LogP contribution in [0.5, 0.6) is 0 Å². The Balaban J connectivity index is 2.17. The van der Waals surface area contributed by atoms with Crippen molar-refractivity contribution in [3.8, 4) is 0 Å². The van der Waals surface area contributed by atoms with E-state index in [9.17, 15) is 14.4 Å². The molecule has 132 valence electrons. The molecule has 3 amide bonds. The summed E-state index contributed by atoms with van der Waals surface area (Å²) in [5, 5.41) is 2.69. The van der Waals surface area contributed by atoms with Gasteiger partial charge < -0.3 is 14.8 Å². The molecule has 0 heterocycles.